The number of aliphatic hydroxyl groups is 1. The van der Waals surface area contributed by atoms with Gasteiger partial charge in [0, 0.05) is 24.2 Å². The van der Waals surface area contributed by atoms with Crippen molar-refractivity contribution in [2.75, 3.05) is 20.2 Å². The Bertz CT molecular complexity index is 470. The van der Waals surface area contributed by atoms with Crippen molar-refractivity contribution in [3.8, 4) is 0 Å². The number of rotatable bonds is 6. The minimum absolute atomic E-state index is 0.0433. The van der Waals surface area contributed by atoms with Gasteiger partial charge in [0.05, 0.1) is 6.54 Å². The van der Waals surface area contributed by atoms with Gasteiger partial charge in [-0.1, -0.05) is 23.7 Å². The van der Waals surface area contributed by atoms with Crippen LogP contribution in [0.4, 0.5) is 0 Å². The Hall–Kier alpha value is -1.10. The fraction of sp³-hybridized carbons (Fsp3) is 0.588. The third kappa shape index (κ3) is 5.27. The van der Waals surface area contributed by atoms with E-state index in [1.807, 2.05) is 31.3 Å². The lowest BCUT2D eigenvalue weighted by atomic mass is 9.86. The minimum Gasteiger partial charge on any atom is -0.396 e. The largest absolute Gasteiger partial charge is 0.396 e. The van der Waals surface area contributed by atoms with Gasteiger partial charge in [0.15, 0.2) is 0 Å². The van der Waals surface area contributed by atoms with Crippen LogP contribution in [0.5, 0.6) is 0 Å². The molecular weight excluding hydrogens is 300 g/mol. The van der Waals surface area contributed by atoms with Crippen molar-refractivity contribution < 1.29 is 9.90 Å². The molecule has 2 N–H and O–H groups in total. The molecule has 0 bridgehead atoms. The number of halogens is 1. The van der Waals surface area contributed by atoms with Crippen molar-refractivity contribution >= 4 is 17.5 Å². The lowest BCUT2D eigenvalue weighted by Gasteiger charge is -2.33. The van der Waals surface area contributed by atoms with E-state index in [2.05, 4.69) is 10.2 Å². The average Bonchev–Trinajstić information content (AvgIpc) is 2.54. The Morgan fingerprint density at radius 3 is 2.50 bits per heavy atom. The molecule has 1 fully saturated rings. The van der Waals surface area contributed by atoms with Gasteiger partial charge in [-0.05, 0) is 56.3 Å². The predicted molar refractivity (Wildman–Crippen MR) is 88.8 cm³/mol. The van der Waals surface area contributed by atoms with Crippen LogP contribution < -0.4 is 5.32 Å². The van der Waals surface area contributed by atoms with Crippen molar-refractivity contribution in [2.45, 2.75) is 38.3 Å². The summed E-state index contributed by atoms with van der Waals surface area (Å²) in [5.74, 6) is 0.491. The molecule has 1 aromatic rings. The Morgan fingerprint density at radius 1 is 1.27 bits per heavy atom. The first-order valence-corrected chi connectivity index (χ1v) is 8.28. The first-order chi connectivity index (χ1) is 10.6. The van der Waals surface area contributed by atoms with Gasteiger partial charge in [0.1, 0.15) is 0 Å². The van der Waals surface area contributed by atoms with Crippen LogP contribution in [-0.4, -0.2) is 42.2 Å². The highest BCUT2D eigenvalue weighted by Gasteiger charge is 2.24. The molecule has 0 heterocycles. The maximum atomic E-state index is 12.0. The lowest BCUT2D eigenvalue weighted by molar-refractivity contribution is -0.122. The zero-order valence-electron chi connectivity index (χ0n) is 13.1. The van der Waals surface area contributed by atoms with E-state index in [4.69, 9.17) is 11.6 Å². The number of amides is 1. The van der Waals surface area contributed by atoms with Gasteiger partial charge in [-0.3, -0.25) is 9.69 Å². The van der Waals surface area contributed by atoms with Gasteiger partial charge in [-0.15, -0.1) is 0 Å². The summed E-state index contributed by atoms with van der Waals surface area (Å²) < 4.78 is 0. The molecule has 2 rings (SSSR count). The van der Waals surface area contributed by atoms with Gasteiger partial charge in [-0.2, -0.15) is 0 Å². The summed E-state index contributed by atoms with van der Waals surface area (Å²) in [6, 6.07) is 7.94. The maximum Gasteiger partial charge on any atom is 0.234 e. The first kappa shape index (κ1) is 17.3. The number of carbonyl (C=O) groups excluding carboxylic acids is 1. The summed E-state index contributed by atoms with van der Waals surface area (Å²) in [6.07, 6.45) is 4.23. The first-order valence-electron chi connectivity index (χ1n) is 7.90. The number of hydrogen-bond acceptors (Lipinski definition) is 3. The summed E-state index contributed by atoms with van der Waals surface area (Å²) >= 11 is 5.84. The Labute approximate surface area is 137 Å². The molecular formula is C17H25ClN2O2. The summed E-state index contributed by atoms with van der Waals surface area (Å²) in [5.41, 5.74) is 1.05. The van der Waals surface area contributed by atoms with Crippen molar-refractivity contribution in [2.24, 2.45) is 5.92 Å². The van der Waals surface area contributed by atoms with E-state index >= 15 is 0 Å². The van der Waals surface area contributed by atoms with Gasteiger partial charge in [0.2, 0.25) is 5.91 Å². The van der Waals surface area contributed by atoms with Gasteiger partial charge < -0.3 is 10.4 Å². The van der Waals surface area contributed by atoms with Crippen molar-refractivity contribution in [3.63, 3.8) is 0 Å². The predicted octanol–water partition coefficient (Wildman–Crippen LogP) is 2.44. The molecule has 5 heteroatoms. The van der Waals surface area contributed by atoms with Gasteiger partial charge in [-0.25, -0.2) is 0 Å². The zero-order chi connectivity index (χ0) is 15.9. The molecule has 0 spiro atoms. The SMILES string of the molecule is CN(CC(=O)NCc1ccc(Cl)cc1)C1CCC(CO)CC1. The van der Waals surface area contributed by atoms with Crippen LogP contribution >= 0.6 is 11.6 Å². The standard InChI is InChI=1S/C17H25ClN2O2/c1-20(16-8-4-14(12-21)5-9-16)11-17(22)19-10-13-2-6-15(18)7-3-13/h2-3,6-7,14,16,21H,4-5,8-12H2,1H3,(H,19,22). The number of nitrogens with one attached hydrogen (secondary N) is 1. The second-order valence-corrected chi connectivity index (χ2v) is 6.61. The average molecular weight is 325 g/mol. The molecule has 1 aromatic carbocycles. The number of aliphatic hydroxyl groups excluding tert-OH is 1. The van der Waals surface area contributed by atoms with E-state index in [1.54, 1.807) is 0 Å². The molecule has 0 atom stereocenters. The molecule has 0 aromatic heterocycles. The van der Waals surface area contributed by atoms with Crippen LogP contribution in [0.1, 0.15) is 31.2 Å². The highest BCUT2D eigenvalue weighted by Crippen LogP contribution is 2.26. The van der Waals surface area contributed by atoms with Crippen molar-refractivity contribution in [3.05, 3.63) is 34.9 Å². The second-order valence-electron chi connectivity index (χ2n) is 6.18. The molecule has 1 aliphatic rings. The van der Waals surface area contributed by atoms with Crippen LogP contribution in [0.25, 0.3) is 0 Å². The fourth-order valence-corrected chi connectivity index (χ4v) is 3.11. The van der Waals surface area contributed by atoms with Crippen LogP contribution in [0, 0.1) is 5.92 Å². The minimum atomic E-state index is 0.0433. The number of hydrogen-bond donors (Lipinski definition) is 2. The third-order valence-corrected chi connectivity index (χ3v) is 4.75. The van der Waals surface area contributed by atoms with E-state index in [0.29, 0.717) is 30.1 Å². The molecule has 1 amide bonds. The number of benzene rings is 1. The molecule has 0 aliphatic heterocycles. The summed E-state index contributed by atoms with van der Waals surface area (Å²) in [5, 5.41) is 12.8. The Balaban J connectivity index is 1.71. The third-order valence-electron chi connectivity index (χ3n) is 4.49. The molecule has 0 radical (unpaired) electrons. The van der Waals surface area contributed by atoms with Gasteiger partial charge >= 0.3 is 0 Å². The smallest absolute Gasteiger partial charge is 0.234 e. The Kier molecular flexibility index (Phi) is 6.68. The van der Waals surface area contributed by atoms with E-state index in [-0.39, 0.29) is 12.5 Å². The highest BCUT2D eigenvalue weighted by molar-refractivity contribution is 6.30. The highest BCUT2D eigenvalue weighted by atomic mass is 35.5. The maximum absolute atomic E-state index is 12.0. The molecule has 1 aliphatic carbocycles. The van der Waals surface area contributed by atoms with Crippen LogP contribution in [-0.2, 0) is 11.3 Å². The summed E-state index contributed by atoms with van der Waals surface area (Å²) in [7, 11) is 2.01. The van der Waals surface area contributed by atoms with Crippen LogP contribution in [0.2, 0.25) is 5.02 Å². The van der Waals surface area contributed by atoms with Crippen molar-refractivity contribution in [1.82, 2.24) is 10.2 Å². The molecule has 0 unspecified atom stereocenters. The van der Waals surface area contributed by atoms with E-state index in [0.717, 1.165) is 31.2 Å². The van der Waals surface area contributed by atoms with Crippen LogP contribution in [0.3, 0.4) is 0 Å². The normalized spacial score (nSPS) is 21.8. The molecule has 0 saturated heterocycles. The summed E-state index contributed by atoms with van der Waals surface area (Å²) in [6.45, 7) is 1.24. The number of carbonyl (C=O) groups is 1. The topological polar surface area (TPSA) is 52.6 Å². The summed E-state index contributed by atoms with van der Waals surface area (Å²) in [4.78, 5) is 14.2. The molecule has 122 valence electrons. The molecule has 1 saturated carbocycles. The number of likely N-dealkylation sites (N-methyl/N-ethyl adjacent to an activating group) is 1. The molecule has 4 nitrogen and oxygen atoms in total. The monoisotopic (exact) mass is 324 g/mol. The fourth-order valence-electron chi connectivity index (χ4n) is 2.98. The van der Waals surface area contributed by atoms with E-state index in [1.165, 1.54) is 0 Å². The van der Waals surface area contributed by atoms with E-state index < -0.39 is 0 Å². The van der Waals surface area contributed by atoms with Crippen LogP contribution in [0.15, 0.2) is 24.3 Å². The quantitative estimate of drug-likeness (QED) is 0.845. The zero-order valence-corrected chi connectivity index (χ0v) is 13.9. The number of nitrogens with zero attached hydrogens (tertiary/aromatic N) is 1. The lowest BCUT2D eigenvalue weighted by Crippen LogP contribution is -2.42. The molecule has 22 heavy (non-hydrogen) atoms. The van der Waals surface area contributed by atoms with E-state index in [9.17, 15) is 9.90 Å². The van der Waals surface area contributed by atoms with Gasteiger partial charge in [0.25, 0.3) is 0 Å². The second kappa shape index (κ2) is 8.51. The van der Waals surface area contributed by atoms with Crippen molar-refractivity contribution in [1.29, 1.82) is 0 Å². The Morgan fingerprint density at radius 2 is 1.91 bits per heavy atom.